The number of hydrogen-bond acceptors (Lipinski definition) is 1. The quantitative estimate of drug-likeness (QED) is 0.698. The van der Waals surface area contributed by atoms with Gasteiger partial charge in [0.25, 0.3) is 0 Å². The molecule has 0 radical (unpaired) electrons. The molecule has 0 aromatic rings. The van der Waals surface area contributed by atoms with Crippen LogP contribution in [0.3, 0.4) is 0 Å². The van der Waals surface area contributed by atoms with Gasteiger partial charge in [-0.3, -0.25) is 0 Å². The fraction of sp³-hybridized carbons (Fsp3) is 1.00. The van der Waals surface area contributed by atoms with Crippen molar-refractivity contribution in [2.75, 3.05) is 6.54 Å². The fourth-order valence-electron chi connectivity index (χ4n) is 2.36. The molecule has 0 unspecified atom stereocenters. The molecule has 1 aliphatic rings. The summed E-state index contributed by atoms with van der Waals surface area (Å²) in [7, 11) is 0. The predicted octanol–water partition coefficient (Wildman–Crippen LogP) is 3.35. The topological polar surface area (TPSA) is 12.0 Å². The molecular weight excluding hydrogens is 229 g/mol. The zero-order valence-corrected chi connectivity index (χ0v) is 9.51. The Morgan fingerprint density at radius 1 is 1.00 bits per heavy atom. The maximum atomic E-state index is 13.6. The van der Waals surface area contributed by atoms with Crippen molar-refractivity contribution in [3.63, 3.8) is 0 Å². The van der Waals surface area contributed by atoms with Crippen molar-refractivity contribution in [2.45, 2.75) is 51.3 Å². The minimum Gasteiger partial charge on any atom is -0.305 e. The van der Waals surface area contributed by atoms with Crippen LogP contribution in [0.2, 0.25) is 0 Å². The molecule has 0 aromatic heterocycles. The minimum atomic E-state index is -5.52. The molecule has 0 spiro atoms. The molecule has 1 aliphatic heterocycles. The average Bonchev–Trinajstić information content (AvgIpc) is 2.48. The Balaban J connectivity index is 3.23. The van der Waals surface area contributed by atoms with Crippen molar-refractivity contribution < 1.29 is 22.0 Å². The average molecular weight is 245 g/mol. The molecular formula is C10H16F5N. The minimum absolute atomic E-state index is 0.164. The largest absolute Gasteiger partial charge is 0.455 e. The molecule has 1 nitrogen and oxygen atoms in total. The van der Waals surface area contributed by atoms with Gasteiger partial charge in [0.15, 0.2) is 0 Å². The molecule has 1 heterocycles. The van der Waals surface area contributed by atoms with E-state index in [1.807, 2.05) is 0 Å². The van der Waals surface area contributed by atoms with E-state index in [0.717, 1.165) is 0 Å². The second-order valence-electron chi connectivity index (χ2n) is 5.26. The second kappa shape index (κ2) is 3.55. The molecule has 0 amide bonds. The van der Waals surface area contributed by atoms with E-state index < -0.39 is 23.1 Å². The van der Waals surface area contributed by atoms with E-state index in [2.05, 4.69) is 5.32 Å². The SMILES string of the molecule is CC(C)(C)[C@]1(C(F)(F)C(F)(F)F)CCCN1. The van der Waals surface area contributed by atoms with Crippen molar-refractivity contribution in [3.8, 4) is 0 Å². The Hall–Kier alpha value is -0.390. The molecule has 0 aliphatic carbocycles. The zero-order valence-electron chi connectivity index (χ0n) is 9.51. The van der Waals surface area contributed by atoms with Crippen LogP contribution in [0.5, 0.6) is 0 Å². The molecule has 0 saturated carbocycles. The van der Waals surface area contributed by atoms with Crippen LogP contribution in [0.15, 0.2) is 0 Å². The van der Waals surface area contributed by atoms with Gasteiger partial charge in [-0.25, -0.2) is 0 Å². The summed E-state index contributed by atoms with van der Waals surface area (Å²) in [5.41, 5.74) is -3.36. The van der Waals surface area contributed by atoms with Crippen LogP contribution in [0, 0.1) is 5.41 Å². The lowest BCUT2D eigenvalue weighted by Gasteiger charge is -2.47. The van der Waals surface area contributed by atoms with E-state index in [1.54, 1.807) is 0 Å². The van der Waals surface area contributed by atoms with E-state index in [0.29, 0.717) is 6.42 Å². The van der Waals surface area contributed by atoms with Crippen molar-refractivity contribution in [1.82, 2.24) is 5.32 Å². The second-order valence-corrected chi connectivity index (χ2v) is 5.26. The van der Waals surface area contributed by atoms with Gasteiger partial charge in [0.05, 0.1) is 5.54 Å². The van der Waals surface area contributed by atoms with Gasteiger partial charge in [0.2, 0.25) is 0 Å². The first-order valence-corrected chi connectivity index (χ1v) is 5.15. The Bertz CT molecular complexity index is 257. The smallest absolute Gasteiger partial charge is 0.305 e. The van der Waals surface area contributed by atoms with Gasteiger partial charge in [-0.1, -0.05) is 20.8 Å². The van der Waals surface area contributed by atoms with E-state index in [4.69, 9.17) is 0 Å². The van der Waals surface area contributed by atoms with E-state index in [-0.39, 0.29) is 13.0 Å². The van der Waals surface area contributed by atoms with Gasteiger partial charge < -0.3 is 5.32 Å². The van der Waals surface area contributed by atoms with Crippen LogP contribution >= 0.6 is 0 Å². The Kier molecular flexibility index (Phi) is 3.03. The third-order valence-corrected chi connectivity index (χ3v) is 3.33. The van der Waals surface area contributed by atoms with Crippen LogP contribution in [-0.2, 0) is 0 Å². The molecule has 1 saturated heterocycles. The summed E-state index contributed by atoms with van der Waals surface area (Å²) in [5, 5.41) is 2.39. The highest BCUT2D eigenvalue weighted by Gasteiger charge is 2.73. The van der Waals surface area contributed by atoms with Gasteiger partial charge in [-0.2, -0.15) is 22.0 Å². The maximum Gasteiger partial charge on any atom is 0.455 e. The number of alkyl halides is 5. The number of halogens is 5. The standard InChI is InChI=1S/C10H16F5N/c1-7(2,3)8(5-4-6-16-8)9(11,12)10(13,14)15/h16H,4-6H2,1-3H3/t8-/m0/s1. The van der Waals surface area contributed by atoms with Crippen molar-refractivity contribution in [2.24, 2.45) is 5.41 Å². The van der Waals surface area contributed by atoms with Crippen LogP contribution < -0.4 is 5.32 Å². The summed E-state index contributed by atoms with van der Waals surface area (Å²) in [6.07, 6.45) is -5.34. The molecule has 1 fully saturated rings. The molecule has 0 aromatic carbocycles. The van der Waals surface area contributed by atoms with Crippen LogP contribution in [0.1, 0.15) is 33.6 Å². The highest BCUT2D eigenvalue weighted by atomic mass is 19.4. The van der Waals surface area contributed by atoms with Crippen molar-refractivity contribution in [3.05, 3.63) is 0 Å². The Labute approximate surface area is 91.4 Å². The van der Waals surface area contributed by atoms with Crippen LogP contribution in [-0.4, -0.2) is 24.2 Å². The number of rotatable bonds is 1. The lowest BCUT2D eigenvalue weighted by molar-refractivity contribution is -0.322. The summed E-state index contributed by atoms with van der Waals surface area (Å²) >= 11 is 0. The van der Waals surface area contributed by atoms with Crippen LogP contribution in [0.4, 0.5) is 22.0 Å². The van der Waals surface area contributed by atoms with Gasteiger partial charge in [-0.15, -0.1) is 0 Å². The lowest BCUT2D eigenvalue weighted by atomic mass is 9.68. The van der Waals surface area contributed by atoms with E-state index in [9.17, 15) is 22.0 Å². The maximum absolute atomic E-state index is 13.6. The van der Waals surface area contributed by atoms with Gasteiger partial charge in [-0.05, 0) is 24.8 Å². The Morgan fingerprint density at radius 2 is 1.50 bits per heavy atom. The Morgan fingerprint density at radius 3 is 1.75 bits per heavy atom. The monoisotopic (exact) mass is 245 g/mol. The zero-order chi connectivity index (χ0) is 12.8. The summed E-state index contributed by atoms with van der Waals surface area (Å²) in [5.74, 6) is -4.71. The summed E-state index contributed by atoms with van der Waals surface area (Å²) in [6, 6.07) is 0. The normalized spacial score (nSPS) is 28.5. The van der Waals surface area contributed by atoms with E-state index >= 15 is 0 Å². The molecule has 6 heteroatoms. The molecule has 1 N–H and O–H groups in total. The third kappa shape index (κ3) is 1.71. The summed E-state index contributed by atoms with van der Waals surface area (Å²) < 4.78 is 64.6. The third-order valence-electron chi connectivity index (χ3n) is 3.33. The molecule has 0 bridgehead atoms. The highest BCUT2D eigenvalue weighted by molar-refractivity contribution is 5.13. The van der Waals surface area contributed by atoms with E-state index in [1.165, 1.54) is 20.8 Å². The first-order valence-electron chi connectivity index (χ1n) is 5.15. The first-order chi connectivity index (χ1) is 6.96. The van der Waals surface area contributed by atoms with Crippen molar-refractivity contribution >= 4 is 0 Å². The van der Waals surface area contributed by atoms with Crippen molar-refractivity contribution in [1.29, 1.82) is 0 Å². The number of hydrogen-bond donors (Lipinski definition) is 1. The lowest BCUT2D eigenvalue weighted by Crippen LogP contribution is -2.68. The van der Waals surface area contributed by atoms with Gasteiger partial charge in [0.1, 0.15) is 0 Å². The van der Waals surface area contributed by atoms with Crippen LogP contribution in [0.25, 0.3) is 0 Å². The highest BCUT2D eigenvalue weighted by Crippen LogP contribution is 2.54. The summed E-state index contributed by atoms with van der Waals surface area (Å²) in [6.45, 7) is 4.42. The predicted molar refractivity (Wildman–Crippen MR) is 50.4 cm³/mol. The first kappa shape index (κ1) is 13.7. The number of nitrogens with one attached hydrogen (secondary N) is 1. The molecule has 16 heavy (non-hydrogen) atoms. The van der Waals surface area contributed by atoms with Gasteiger partial charge in [0, 0.05) is 0 Å². The van der Waals surface area contributed by atoms with Gasteiger partial charge >= 0.3 is 12.1 Å². The fourth-order valence-corrected chi connectivity index (χ4v) is 2.36. The molecule has 1 atom stereocenters. The summed E-state index contributed by atoms with van der Waals surface area (Å²) in [4.78, 5) is 0. The molecule has 1 rings (SSSR count). The molecule has 96 valence electrons.